The minimum atomic E-state index is -0.551. The Morgan fingerprint density at radius 1 is 1.15 bits per heavy atom. The average Bonchev–Trinajstić information content (AvgIpc) is 2.96. The lowest BCUT2D eigenvalue weighted by atomic mass is 10.1. The topological polar surface area (TPSA) is 75.7 Å². The van der Waals surface area contributed by atoms with Gasteiger partial charge in [0.25, 0.3) is 5.91 Å². The van der Waals surface area contributed by atoms with E-state index in [0.29, 0.717) is 22.8 Å². The van der Waals surface area contributed by atoms with E-state index in [4.69, 9.17) is 11.6 Å². The first kappa shape index (κ1) is 19.1. The lowest BCUT2D eigenvalue weighted by Crippen LogP contribution is -2.39. The molecule has 7 heteroatoms. The summed E-state index contributed by atoms with van der Waals surface area (Å²) in [6.45, 7) is 0.570. The molecule has 1 unspecified atom stereocenters. The highest BCUT2D eigenvalue weighted by molar-refractivity contribution is 6.30. The van der Waals surface area contributed by atoms with Gasteiger partial charge in [0.15, 0.2) is 0 Å². The maximum absolute atomic E-state index is 12.6. The van der Waals surface area contributed by atoms with Crippen molar-refractivity contribution in [1.82, 2.24) is 5.32 Å². The molecule has 1 saturated heterocycles. The summed E-state index contributed by atoms with van der Waals surface area (Å²) in [5.74, 6) is -1.03. The van der Waals surface area contributed by atoms with Crippen molar-refractivity contribution in [2.45, 2.75) is 18.9 Å². The lowest BCUT2D eigenvalue weighted by Gasteiger charge is -2.16. The predicted molar refractivity (Wildman–Crippen MR) is 102 cm³/mol. The van der Waals surface area contributed by atoms with Crippen LogP contribution < -0.4 is 10.2 Å². The number of imide groups is 1. The van der Waals surface area contributed by atoms with E-state index < -0.39 is 12.0 Å². The van der Waals surface area contributed by atoms with Crippen LogP contribution in [0.1, 0.15) is 22.3 Å². The Morgan fingerprint density at radius 3 is 2.44 bits per heavy atom. The van der Waals surface area contributed by atoms with E-state index in [0.717, 1.165) is 16.9 Å². The summed E-state index contributed by atoms with van der Waals surface area (Å²) in [7, 11) is 1.30. The largest absolute Gasteiger partial charge is 0.465 e. The Hall–Kier alpha value is -2.70. The number of hydrogen-bond acceptors (Lipinski definition) is 5. The van der Waals surface area contributed by atoms with E-state index >= 15 is 0 Å². The summed E-state index contributed by atoms with van der Waals surface area (Å²) < 4.78 is 4.64. The van der Waals surface area contributed by atoms with Gasteiger partial charge in [0.2, 0.25) is 5.91 Å². The molecule has 0 aromatic heterocycles. The standard InChI is InChI=1S/C20H19ClN2O4/c1-27-20(26)14-4-8-16(9-5-14)23-18(24)12-17(19(23)25)22-11-10-13-2-6-15(21)7-3-13/h2-9,17,22H,10-12H2,1H3. The number of rotatable bonds is 6. The van der Waals surface area contributed by atoms with Gasteiger partial charge in [-0.1, -0.05) is 23.7 Å². The summed E-state index contributed by atoms with van der Waals surface area (Å²) in [6.07, 6.45) is 0.834. The van der Waals surface area contributed by atoms with Gasteiger partial charge in [0.05, 0.1) is 30.8 Å². The van der Waals surface area contributed by atoms with Crippen LogP contribution in [0.25, 0.3) is 0 Å². The van der Waals surface area contributed by atoms with E-state index in [-0.39, 0.29) is 18.2 Å². The molecular formula is C20H19ClN2O4. The molecule has 1 aliphatic rings. The summed E-state index contributed by atoms with van der Waals surface area (Å²) in [4.78, 5) is 37.6. The first-order valence-corrected chi connectivity index (χ1v) is 8.90. The zero-order chi connectivity index (χ0) is 19.4. The molecule has 0 bridgehead atoms. The van der Waals surface area contributed by atoms with E-state index in [1.165, 1.54) is 19.2 Å². The van der Waals surface area contributed by atoms with Gasteiger partial charge >= 0.3 is 5.97 Å². The van der Waals surface area contributed by atoms with Crippen molar-refractivity contribution in [3.8, 4) is 0 Å². The normalized spacial score (nSPS) is 16.7. The Kier molecular flexibility index (Phi) is 5.88. The number of benzene rings is 2. The van der Waals surface area contributed by atoms with Crippen LogP contribution in [-0.4, -0.2) is 37.5 Å². The highest BCUT2D eigenvalue weighted by atomic mass is 35.5. The molecule has 2 aromatic carbocycles. The molecule has 0 spiro atoms. The van der Waals surface area contributed by atoms with Gasteiger partial charge in [0.1, 0.15) is 0 Å². The van der Waals surface area contributed by atoms with Crippen LogP contribution in [0, 0.1) is 0 Å². The number of nitrogens with one attached hydrogen (secondary N) is 1. The number of nitrogens with zero attached hydrogens (tertiary/aromatic N) is 1. The summed E-state index contributed by atoms with van der Waals surface area (Å²) >= 11 is 5.87. The highest BCUT2D eigenvalue weighted by Gasteiger charge is 2.39. The molecule has 0 aliphatic carbocycles. The van der Waals surface area contributed by atoms with Crippen molar-refractivity contribution < 1.29 is 19.1 Å². The van der Waals surface area contributed by atoms with Crippen molar-refractivity contribution in [2.75, 3.05) is 18.6 Å². The Balaban J connectivity index is 1.61. The second kappa shape index (κ2) is 8.33. The van der Waals surface area contributed by atoms with Crippen LogP contribution in [0.5, 0.6) is 0 Å². The molecule has 2 aromatic rings. The van der Waals surface area contributed by atoms with Crippen LogP contribution in [0.4, 0.5) is 5.69 Å². The number of methoxy groups -OCH3 is 1. The molecule has 140 valence electrons. The molecule has 0 radical (unpaired) electrons. The molecule has 1 heterocycles. The Morgan fingerprint density at radius 2 is 1.81 bits per heavy atom. The van der Waals surface area contributed by atoms with Crippen molar-refractivity contribution in [3.63, 3.8) is 0 Å². The Labute approximate surface area is 162 Å². The minimum absolute atomic E-state index is 0.109. The second-order valence-corrected chi connectivity index (χ2v) is 6.63. The summed E-state index contributed by atoms with van der Waals surface area (Å²) in [6, 6.07) is 13.1. The van der Waals surface area contributed by atoms with Crippen molar-refractivity contribution in [1.29, 1.82) is 0 Å². The van der Waals surface area contributed by atoms with Crippen molar-refractivity contribution in [3.05, 3.63) is 64.7 Å². The van der Waals surface area contributed by atoms with Gasteiger partial charge in [-0.15, -0.1) is 0 Å². The first-order chi connectivity index (χ1) is 13.0. The quantitative estimate of drug-likeness (QED) is 0.610. The third kappa shape index (κ3) is 4.35. The van der Waals surface area contributed by atoms with Crippen molar-refractivity contribution >= 4 is 35.1 Å². The molecule has 2 amide bonds. The molecule has 1 N–H and O–H groups in total. The molecule has 1 fully saturated rings. The number of hydrogen-bond donors (Lipinski definition) is 1. The first-order valence-electron chi connectivity index (χ1n) is 8.52. The molecular weight excluding hydrogens is 368 g/mol. The summed E-state index contributed by atoms with van der Waals surface area (Å²) in [5.41, 5.74) is 1.90. The number of amides is 2. The van der Waals surface area contributed by atoms with Gasteiger partial charge in [-0.25, -0.2) is 9.69 Å². The van der Waals surface area contributed by atoms with Crippen molar-refractivity contribution in [2.24, 2.45) is 0 Å². The van der Waals surface area contributed by atoms with E-state index in [9.17, 15) is 14.4 Å². The molecule has 6 nitrogen and oxygen atoms in total. The number of carbonyl (C=O) groups is 3. The maximum atomic E-state index is 12.6. The fourth-order valence-electron chi connectivity index (χ4n) is 2.97. The van der Waals surface area contributed by atoms with E-state index in [2.05, 4.69) is 10.1 Å². The predicted octanol–water partition coefficient (Wildman–Crippen LogP) is 2.59. The van der Waals surface area contributed by atoms with Crippen LogP contribution in [0.15, 0.2) is 48.5 Å². The fraction of sp³-hybridized carbons (Fsp3) is 0.250. The SMILES string of the molecule is COC(=O)c1ccc(N2C(=O)CC(NCCc3ccc(Cl)cc3)C2=O)cc1. The lowest BCUT2D eigenvalue weighted by molar-refractivity contribution is -0.121. The zero-order valence-corrected chi connectivity index (χ0v) is 15.5. The van der Waals surface area contributed by atoms with Gasteiger partial charge in [0, 0.05) is 5.02 Å². The third-order valence-electron chi connectivity index (χ3n) is 4.41. The van der Waals surface area contributed by atoms with Crippen LogP contribution in [0.3, 0.4) is 0 Å². The molecule has 1 aliphatic heterocycles. The van der Waals surface area contributed by atoms with E-state index in [1.54, 1.807) is 12.1 Å². The fourth-order valence-corrected chi connectivity index (χ4v) is 3.09. The van der Waals surface area contributed by atoms with Crippen LogP contribution >= 0.6 is 11.6 Å². The van der Waals surface area contributed by atoms with Crippen LogP contribution in [0.2, 0.25) is 5.02 Å². The minimum Gasteiger partial charge on any atom is -0.465 e. The zero-order valence-electron chi connectivity index (χ0n) is 14.8. The number of carbonyl (C=O) groups excluding carboxylic acids is 3. The third-order valence-corrected chi connectivity index (χ3v) is 4.66. The molecule has 27 heavy (non-hydrogen) atoms. The van der Waals surface area contributed by atoms with Gasteiger partial charge in [-0.2, -0.15) is 0 Å². The van der Waals surface area contributed by atoms with Crippen LogP contribution in [-0.2, 0) is 20.7 Å². The second-order valence-electron chi connectivity index (χ2n) is 6.19. The average molecular weight is 387 g/mol. The Bertz CT molecular complexity index is 849. The maximum Gasteiger partial charge on any atom is 0.337 e. The monoisotopic (exact) mass is 386 g/mol. The van der Waals surface area contributed by atoms with Gasteiger partial charge < -0.3 is 10.1 Å². The molecule has 0 saturated carbocycles. The number of ether oxygens (including phenoxy) is 1. The van der Waals surface area contributed by atoms with Gasteiger partial charge in [-0.3, -0.25) is 9.59 Å². The smallest absolute Gasteiger partial charge is 0.337 e. The number of halogens is 1. The number of anilines is 1. The van der Waals surface area contributed by atoms with Gasteiger partial charge in [-0.05, 0) is 54.9 Å². The highest BCUT2D eigenvalue weighted by Crippen LogP contribution is 2.23. The van der Waals surface area contributed by atoms with E-state index in [1.807, 2.05) is 24.3 Å². The number of esters is 1. The summed E-state index contributed by atoms with van der Waals surface area (Å²) in [5, 5.41) is 3.82. The molecule has 1 atom stereocenters. The molecule has 3 rings (SSSR count).